The van der Waals surface area contributed by atoms with E-state index in [0.717, 1.165) is 18.8 Å². The van der Waals surface area contributed by atoms with Gasteiger partial charge < -0.3 is 4.74 Å². The molecule has 0 aliphatic carbocycles. The summed E-state index contributed by atoms with van der Waals surface area (Å²) in [6, 6.07) is 4.29. The Morgan fingerprint density at radius 1 is 1.14 bits per heavy atom. The molecule has 0 aliphatic rings. The highest BCUT2D eigenvalue weighted by molar-refractivity contribution is 14.1. The van der Waals surface area contributed by atoms with Crippen molar-refractivity contribution in [2.24, 2.45) is 0 Å². The molecule has 0 saturated heterocycles. The zero-order chi connectivity index (χ0) is 10.6. The number of halogens is 3. The largest absolute Gasteiger partial charge is 0.491 e. The molecule has 0 unspecified atom stereocenters. The van der Waals surface area contributed by atoms with Crippen molar-refractivity contribution in [2.75, 3.05) is 6.61 Å². The summed E-state index contributed by atoms with van der Waals surface area (Å²) in [5.74, 6) is 1.04. The van der Waals surface area contributed by atoms with Crippen molar-refractivity contribution < 1.29 is 4.74 Å². The molecule has 0 radical (unpaired) electrons. The summed E-state index contributed by atoms with van der Waals surface area (Å²) in [4.78, 5) is 0. The van der Waals surface area contributed by atoms with Crippen molar-refractivity contribution >= 4 is 67.8 Å². The second kappa shape index (κ2) is 6.72. The van der Waals surface area contributed by atoms with Crippen LogP contribution in [-0.4, -0.2) is 6.61 Å². The topological polar surface area (TPSA) is 9.23 Å². The molecule has 0 N–H and O–H groups in total. The lowest BCUT2D eigenvalue weighted by atomic mass is 10.3. The van der Waals surface area contributed by atoms with Crippen molar-refractivity contribution in [1.82, 2.24) is 0 Å². The number of hydrogen-bond donors (Lipinski definition) is 0. The molecule has 0 atom stereocenters. The van der Waals surface area contributed by atoms with E-state index in [9.17, 15) is 0 Å². The molecule has 0 fully saturated rings. The van der Waals surface area contributed by atoms with Gasteiger partial charge >= 0.3 is 0 Å². The van der Waals surface area contributed by atoms with Gasteiger partial charge in [0.15, 0.2) is 0 Å². The van der Waals surface area contributed by atoms with E-state index in [1.807, 2.05) is 0 Å². The predicted octanol–water partition coefficient (Wildman–Crippen LogP) is 4.68. The minimum absolute atomic E-state index is 0.823. The van der Waals surface area contributed by atoms with Crippen LogP contribution in [0, 0.1) is 10.7 Å². The minimum Gasteiger partial charge on any atom is -0.491 e. The second-order valence-corrected chi connectivity index (χ2v) is 6.47. The first-order valence-corrected chi connectivity index (χ1v) is 7.66. The van der Waals surface area contributed by atoms with Gasteiger partial charge in [-0.15, -0.1) is 0 Å². The molecule has 0 aliphatic heterocycles. The SMILES string of the molecule is CCCCOc1c(I)cc(I)cc1I. The van der Waals surface area contributed by atoms with E-state index in [4.69, 9.17) is 4.74 Å². The summed E-state index contributed by atoms with van der Waals surface area (Å²) in [5, 5.41) is 0. The molecule has 0 amide bonds. The highest BCUT2D eigenvalue weighted by Gasteiger charge is 2.07. The normalized spacial score (nSPS) is 10.3. The van der Waals surface area contributed by atoms with Gasteiger partial charge in [0.2, 0.25) is 0 Å². The minimum atomic E-state index is 0.823. The molecule has 0 spiro atoms. The van der Waals surface area contributed by atoms with Crippen molar-refractivity contribution in [2.45, 2.75) is 19.8 Å². The monoisotopic (exact) mass is 528 g/mol. The number of rotatable bonds is 4. The first-order valence-electron chi connectivity index (χ1n) is 4.42. The zero-order valence-electron chi connectivity index (χ0n) is 7.82. The zero-order valence-corrected chi connectivity index (χ0v) is 14.3. The molecule has 0 saturated carbocycles. The first-order chi connectivity index (χ1) is 6.65. The quantitative estimate of drug-likeness (QED) is 0.408. The van der Waals surface area contributed by atoms with Gasteiger partial charge in [-0.05, 0) is 86.3 Å². The van der Waals surface area contributed by atoms with Crippen LogP contribution in [0.2, 0.25) is 0 Å². The molecule has 1 rings (SSSR count). The third-order valence-electron chi connectivity index (χ3n) is 1.71. The lowest BCUT2D eigenvalue weighted by molar-refractivity contribution is 0.305. The van der Waals surface area contributed by atoms with Gasteiger partial charge in [-0.1, -0.05) is 13.3 Å². The van der Waals surface area contributed by atoms with Gasteiger partial charge in [-0.25, -0.2) is 0 Å². The fourth-order valence-electron chi connectivity index (χ4n) is 0.985. The van der Waals surface area contributed by atoms with Crippen LogP contribution in [0.1, 0.15) is 19.8 Å². The highest BCUT2D eigenvalue weighted by atomic mass is 127. The summed E-state index contributed by atoms with van der Waals surface area (Å²) in [7, 11) is 0. The van der Waals surface area contributed by atoms with E-state index in [1.165, 1.54) is 17.1 Å². The maximum absolute atomic E-state index is 5.74. The smallest absolute Gasteiger partial charge is 0.145 e. The van der Waals surface area contributed by atoms with Gasteiger partial charge in [0.05, 0.1) is 13.7 Å². The van der Waals surface area contributed by atoms with Crippen LogP contribution in [0.5, 0.6) is 5.75 Å². The molecule has 1 aromatic carbocycles. The van der Waals surface area contributed by atoms with Gasteiger partial charge in [-0.3, -0.25) is 0 Å². The summed E-state index contributed by atoms with van der Waals surface area (Å²) >= 11 is 6.99. The van der Waals surface area contributed by atoms with Crippen LogP contribution in [0.4, 0.5) is 0 Å². The third kappa shape index (κ3) is 3.99. The van der Waals surface area contributed by atoms with Crippen molar-refractivity contribution in [3.05, 3.63) is 22.8 Å². The Hall–Kier alpha value is 1.21. The van der Waals surface area contributed by atoms with Crippen LogP contribution in [0.3, 0.4) is 0 Å². The summed E-state index contributed by atoms with van der Waals surface area (Å²) < 4.78 is 9.42. The van der Waals surface area contributed by atoms with Crippen LogP contribution >= 0.6 is 67.8 Å². The van der Waals surface area contributed by atoms with Crippen molar-refractivity contribution in [3.63, 3.8) is 0 Å². The Labute approximate surface area is 126 Å². The first kappa shape index (κ1) is 13.3. The molecule has 1 aromatic rings. The average molecular weight is 528 g/mol. The molecule has 1 nitrogen and oxygen atoms in total. The van der Waals surface area contributed by atoms with Crippen molar-refractivity contribution in [3.8, 4) is 5.75 Å². The highest BCUT2D eigenvalue weighted by Crippen LogP contribution is 2.29. The molecule has 78 valence electrons. The standard InChI is InChI=1S/C10H11I3O/c1-2-3-4-14-10-8(12)5-7(11)6-9(10)13/h5-6H,2-4H2,1H3. The predicted molar refractivity (Wildman–Crippen MR) is 85.0 cm³/mol. The number of unbranched alkanes of at least 4 members (excludes halogenated alkanes) is 1. The summed E-state index contributed by atoms with van der Waals surface area (Å²) in [5.41, 5.74) is 0. The Kier molecular flexibility index (Phi) is 6.37. The number of hydrogen-bond acceptors (Lipinski definition) is 1. The van der Waals surface area contributed by atoms with E-state index in [-0.39, 0.29) is 0 Å². The molecular weight excluding hydrogens is 517 g/mol. The summed E-state index contributed by atoms with van der Waals surface area (Å²) in [6.45, 7) is 3.00. The Morgan fingerprint density at radius 2 is 1.71 bits per heavy atom. The summed E-state index contributed by atoms with van der Waals surface area (Å²) in [6.07, 6.45) is 2.30. The number of benzene rings is 1. The third-order valence-corrected chi connectivity index (χ3v) is 3.93. The Morgan fingerprint density at radius 3 is 2.21 bits per heavy atom. The molecule has 4 heteroatoms. The molecule has 0 bridgehead atoms. The fraction of sp³-hybridized carbons (Fsp3) is 0.400. The lowest BCUT2D eigenvalue weighted by Crippen LogP contribution is -2.00. The van der Waals surface area contributed by atoms with Crippen LogP contribution in [0.25, 0.3) is 0 Å². The Balaban J connectivity index is 2.75. The van der Waals surface area contributed by atoms with Gasteiger partial charge in [0.1, 0.15) is 5.75 Å². The van der Waals surface area contributed by atoms with Gasteiger partial charge in [0.25, 0.3) is 0 Å². The second-order valence-electron chi connectivity index (χ2n) is 2.90. The molecule has 14 heavy (non-hydrogen) atoms. The molecule has 0 heterocycles. The molecule has 0 aromatic heterocycles. The van der Waals surface area contributed by atoms with Gasteiger partial charge in [-0.2, -0.15) is 0 Å². The van der Waals surface area contributed by atoms with Crippen LogP contribution < -0.4 is 4.74 Å². The van der Waals surface area contributed by atoms with E-state index in [2.05, 4.69) is 86.8 Å². The lowest BCUT2D eigenvalue weighted by Gasteiger charge is -2.10. The van der Waals surface area contributed by atoms with Crippen molar-refractivity contribution in [1.29, 1.82) is 0 Å². The fourth-order valence-corrected chi connectivity index (χ4v) is 4.88. The van der Waals surface area contributed by atoms with E-state index in [0.29, 0.717) is 0 Å². The number of ether oxygens (including phenoxy) is 1. The van der Waals surface area contributed by atoms with Gasteiger partial charge in [0, 0.05) is 3.57 Å². The Bertz CT molecular complexity index is 289. The average Bonchev–Trinajstić information content (AvgIpc) is 2.09. The molecular formula is C10H11I3O. The van der Waals surface area contributed by atoms with E-state index in [1.54, 1.807) is 0 Å². The van der Waals surface area contributed by atoms with E-state index >= 15 is 0 Å². The van der Waals surface area contributed by atoms with Crippen LogP contribution in [-0.2, 0) is 0 Å². The maximum Gasteiger partial charge on any atom is 0.145 e. The van der Waals surface area contributed by atoms with Crippen LogP contribution in [0.15, 0.2) is 12.1 Å². The van der Waals surface area contributed by atoms with E-state index < -0.39 is 0 Å². The maximum atomic E-state index is 5.74.